The van der Waals surface area contributed by atoms with Gasteiger partial charge in [0, 0.05) is 12.1 Å². The summed E-state index contributed by atoms with van der Waals surface area (Å²) in [6.07, 6.45) is 5.36. The largest absolute Gasteiger partial charge is 0.352 e. The van der Waals surface area contributed by atoms with Crippen LogP contribution in [0.15, 0.2) is 18.2 Å². The smallest absolute Gasteiger partial charge is 0.252 e. The Morgan fingerprint density at radius 1 is 1.57 bits per heavy atom. The average Bonchev–Trinajstić information content (AvgIpc) is 2.17. The van der Waals surface area contributed by atoms with Gasteiger partial charge in [-0.15, -0.1) is 6.42 Å². The molecular weight excluding hydrogens is 174 g/mol. The molecule has 1 rings (SSSR count). The monoisotopic (exact) mass is 187 g/mol. The molecule has 0 aliphatic carbocycles. The van der Waals surface area contributed by atoms with E-state index in [1.807, 2.05) is 26.0 Å². The summed E-state index contributed by atoms with van der Waals surface area (Å²) in [7, 11) is 0. The molecule has 2 heteroatoms. The summed E-state index contributed by atoms with van der Waals surface area (Å²) in [6, 6.07) is 5.48. The molecule has 0 radical (unpaired) electrons. The summed E-state index contributed by atoms with van der Waals surface area (Å²) < 4.78 is 0. The van der Waals surface area contributed by atoms with E-state index < -0.39 is 0 Å². The summed E-state index contributed by atoms with van der Waals surface area (Å²) in [5.41, 5.74) is 2.21. The Hall–Kier alpha value is -1.75. The molecule has 0 fully saturated rings. The van der Waals surface area contributed by atoms with Gasteiger partial charge in [0.25, 0.3) is 5.91 Å². The van der Waals surface area contributed by atoms with Gasteiger partial charge in [0.15, 0.2) is 0 Å². The number of terminal acetylenes is 1. The molecule has 0 aliphatic heterocycles. The SMILES string of the molecule is C#Cc1c(C)cccc1C(=O)NCC. The van der Waals surface area contributed by atoms with Crippen molar-refractivity contribution >= 4 is 5.91 Å². The first kappa shape index (κ1) is 10.3. The van der Waals surface area contributed by atoms with Gasteiger partial charge >= 0.3 is 0 Å². The summed E-state index contributed by atoms with van der Waals surface area (Å²) in [5, 5.41) is 2.73. The molecule has 1 aromatic rings. The molecule has 2 nitrogen and oxygen atoms in total. The van der Waals surface area contributed by atoms with Gasteiger partial charge in [0.2, 0.25) is 0 Å². The highest BCUT2D eigenvalue weighted by atomic mass is 16.1. The van der Waals surface area contributed by atoms with Crippen LogP contribution in [0.2, 0.25) is 0 Å². The predicted octanol–water partition coefficient (Wildman–Crippen LogP) is 1.73. The molecular formula is C12H13NO. The fourth-order valence-corrected chi connectivity index (χ4v) is 1.30. The molecule has 1 aromatic carbocycles. The van der Waals surface area contributed by atoms with Crippen molar-refractivity contribution in [1.82, 2.24) is 5.32 Å². The molecule has 0 unspecified atom stereocenters. The van der Waals surface area contributed by atoms with Crippen LogP contribution in [-0.4, -0.2) is 12.5 Å². The quantitative estimate of drug-likeness (QED) is 0.702. The van der Waals surface area contributed by atoms with E-state index in [4.69, 9.17) is 6.42 Å². The normalized spacial score (nSPS) is 9.21. The molecule has 0 saturated heterocycles. The standard InChI is InChI=1S/C12H13NO/c1-4-10-9(3)7-6-8-11(10)12(14)13-5-2/h1,6-8H,5H2,2-3H3,(H,13,14). The molecule has 0 aliphatic rings. The lowest BCUT2D eigenvalue weighted by Crippen LogP contribution is -2.23. The van der Waals surface area contributed by atoms with Crippen molar-refractivity contribution in [3.63, 3.8) is 0 Å². The van der Waals surface area contributed by atoms with Crippen LogP contribution in [-0.2, 0) is 0 Å². The van der Waals surface area contributed by atoms with E-state index in [0.29, 0.717) is 17.7 Å². The van der Waals surface area contributed by atoms with Gasteiger partial charge in [0.1, 0.15) is 0 Å². The van der Waals surface area contributed by atoms with Gasteiger partial charge in [-0.05, 0) is 25.5 Å². The molecule has 0 atom stereocenters. The van der Waals surface area contributed by atoms with E-state index in [1.165, 1.54) is 0 Å². The van der Waals surface area contributed by atoms with Crippen LogP contribution in [0.3, 0.4) is 0 Å². The van der Waals surface area contributed by atoms with E-state index in [9.17, 15) is 4.79 Å². The minimum Gasteiger partial charge on any atom is -0.352 e. The number of hydrogen-bond donors (Lipinski definition) is 1. The lowest BCUT2D eigenvalue weighted by atomic mass is 10.0. The van der Waals surface area contributed by atoms with Crippen LogP contribution in [0.5, 0.6) is 0 Å². The van der Waals surface area contributed by atoms with E-state index in [-0.39, 0.29) is 5.91 Å². The molecule has 0 heterocycles. The highest BCUT2D eigenvalue weighted by Crippen LogP contribution is 2.12. The Bertz CT molecular complexity index is 388. The number of hydrogen-bond acceptors (Lipinski definition) is 1. The van der Waals surface area contributed by atoms with Gasteiger partial charge in [-0.1, -0.05) is 18.1 Å². The highest BCUT2D eigenvalue weighted by Gasteiger charge is 2.09. The first-order valence-corrected chi connectivity index (χ1v) is 4.55. The molecule has 0 spiro atoms. The van der Waals surface area contributed by atoms with Crippen LogP contribution < -0.4 is 5.32 Å². The van der Waals surface area contributed by atoms with E-state index in [1.54, 1.807) is 6.07 Å². The van der Waals surface area contributed by atoms with E-state index in [0.717, 1.165) is 5.56 Å². The topological polar surface area (TPSA) is 29.1 Å². The minimum absolute atomic E-state index is 0.107. The van der Waals surface area contributed by atoms with Crippen molar-refractivity contribution in [2.24, 2.45) is 0 Å². The Morgan fingerprint density at radius 2 is 2.29 bits per heavy atom. The lowest BCUT2D eigenvalue weighted by Gasteiger charge is -2.06. The highest BCUT2D eigenvalue weighted by molar-refractivity contribution is 5.97. The van der Waals surface area contributed by atoms with Crippen molar-refractivity contribution in [3.8, 4) is 12.3 Å². The van der Waals surface area contributed by atoms with E-state index >= 15 is 0 Å². The summed E-state index contributed by atoms with van der Waals surface area (Å²) >= 11 is 0. The van der Waals surface area contributed by atoms with Gasteiger partial charge in [-0.25, -0.2) is 0 Å². The third-order valence-electron chi connectivity index (χ3n) is 2.00. The number of carbonyl (C=O) groups excluding carboxylic acids is 1. The Balaban J connectivity index is 3.15. The summed E-state index contributed by atoms with van der Waals surface area (Å²) in [4.78, 5) is 11.6. The van der Waals surface area contributed by atoms with Crippen molar-refractivity contribution < 1.29 is 4.79 Å². The second-order valence-electron chi connectivity index (χ2n) is 3.00. The van der Waals surface area contributed by atoms with Gasteiger partial charge in [-0.2, -0.15) is 0 Å². The number of rotatable bonds is 2. The number of aryl methyl sites for hydroxylation is 1. The number of nitrogens with one attached hydrogen (secondary N) is 1. The average molecular weight is 187 g/mol. The molecule has 14 heavy (non-hydrogen) atoms. The third kappa shape index (κ3) is 1.94. The van der Waals surface area contributed by atoms with Crippen molar-refractivity contribution in [2.75, 3.05) is 6.54 Å². The molecule has 72 valence electrons. The minimum atomic E-state index is -0.107. The number of carbonyl (C=O) groups is 1. The summed E-state index contributed by atoms with van der Waals surface area (Å²) in [5.74, 6) is 2.44. The van der Waals surface area contributed by atoms with Crippen molar-refractivity contribution in [3.05, 3.63) is 34.9 Å². The predicted molar refractivity (Wildman–Crippen MR) is 57.1 cm³/mol. The second-order valence-corrected chi connectivity index (χ2v) is 3.00. The van der Waals surface area contributed by atoms with Gasteiger partial charge in [0.05, 0.1) is 5.56 Å². The first-order valence-electron chi connectivity index (χ1n) is 4.55. The van der Waals surface area contributed by atoms with Crippen LogP contribution in [0, 0.1) is 19.3 Å². The van der Waals surface area contributed by atoms with Gasteiger partial charge in [-0.3, -0.25) is 4.79 Å². The Labute approximate surface area is 84.3 Å². The maximum Gasteiger partial charge on any atom is 0.252 e. The lowest BCUT2D eigenvalue weighted by molar-refractivity contribution is 0.0955. The van der Waals surface area contributed by atoms with Crippen LogP contribution >= 0.6 is 0 Å². The Kier molecular flexibility index (Phi) is 3.30. The number of benzene rings is 1. The third-order valence-corrected chi connectivity index (χ3v) is 2.00. The zero-order valence-corrected chi connectivity index (χ0v) is 8.42. The maximum absolute atomic E-state index is 11.6. The zero-order chi connectivity index (χ0) is 10.6. The van der Waals surface area contributed by atoms with Crippen LogP contribution in [0.1, 0.15) is 28.4 Å². The molecule has 0 saturated carbocycles. The van der Waals surface area contributed by atoms with Crippen LogP contribution in [0.25, 0.3) is 0 Å². The van der Waals surface area contributed by atoms with Crippen LogP contribution in [0.4, 0.5) is 0 Å². The maximum atomic E-state index is 11.6. The van der Waals surface area contributed by atoms with Crippen molar-refractivity contribution in [2.45, 2.75) is 13.8 Å². The summed E-state index contributed by atoms with van der Waals surface area (Å²) in [6.45, 7) is 4.39. The molecule has 0 bridgehead atoms. The Morgan fingerprint density at radius 3 is 2.86 bits per heavy atom. The first-order chi connectivity index (χ1) is 6.70. The second kappa shape index (κ2) is 4.48. The molecule has 0 aromatic heterocycles. The van der Waals surface area contributed by atoms with Gasteiger partial charge < -0.3 is 5.32 Å². The van der Waals surface area contributed by atoms with E-state index in [2.05, 4.69) is 11.2 Å². The van der Waals surface area contributed by atoms with Crippen molar-refractivity contribution in [1.29, 1.82) is 0 Å². The fourth-order valence-electron chi connectivity index (χ4n) is 1.30. The number of amides is 1. The fraction of sp³-hybridized carbons (Fsp3) is 0.250. The molecule has 1 amide bonds. The molecule has 1 N–H and O–H groups in total. The zero-order valence-electron chi connectivity index (χ0n) is 8.42.